The SMILES string of the molecule is Oc1ccccc1Cc1nc2c(OCC3CCCCC3)cccc2[nH]1. The second-order valence-electron chi connectivity index (χ2n) is 6.96. The molecule has 2 N–H and O–H groups in total. The molecule has 4 rings (SSSR count). The largest absolute Gasteiger partial charge is 0.508 e. The summed E-state index contributed by atoms with van der Waals surface area (Å²) in [7, 11) is 0. The van der Waals surface area contributed by atoms with Crippen molar-refractivity contribution in [2.24, 2.45) is 5.92 Å². The smallest absolute Gasteiger partial charge is 0.147 e. The van der Waals surface area contributed by atoms with Crippen molar-refractivity contribution in [1.82, 2.24) is 9.97 Å². The van der Waals surface area contributed by atoms with Crippen LogP contribution < -0.4 is 4.74 Å². The molecule has 1 aliphatic rings. The predicted molar refractivity (Wildman–Crippen MR) is 99.1 cm³/mol. The second kappa shape index (κ2) is 7.18. The zero-order chi connectivity index (χ0) is 17.1. The molecule has 25 heavy (non-hydrogen) atoms. The van der Waals surface area contributed by atoms with Gasteiger partial charge in [-0.3, -0.25) is 0 Å². The van der Waals surface area contributed by atoms with Gasteiger partial charge in [-0.15, -0.1) is 0 Å². The van der Waals surface area contributed by atoms with Crippen molar-refractivity contribution in [3.05, 3.63) is 53.9 Å². The highest BCUT2D eigenvalue weighted by Gasteiger charge is 2.16. The Bertz CT molecular complexity index is 850. The molecule has 4 nitrogen and oxygen atoms in total. The van der Waals surface area contributed by atoms with Gasteiger partial charge < -0.3 is 14.8 Å². The van der Waals surface area contributed by atoms with Gasteiger partial charge in [0.05, 0.1) is 12.1 Å². The highest BCUT2D eigenvalue weighted by Crippen LogP contribution is 2.28. The number of aromatic nitrogens is 2. The van der Waals surface area contributed by atoms with E-state index in [9.17, 15) is 5.11 Å². The number of imidazole rings is 1. The first-order valence-electron chi connectivity index (χ1n) is 9.17. The van der Waals surface area contributed by atoms with Crippen molar-refractivity contribution < 1.29 is 9.84 Å². The van der Waals surface area contributed by atoms with Crippen LogP contribution in [0.2, 0.25) is 0 Å². The van der Waals surface area contributed by atoms with E-state index in [0.717, 1.165) is 34.8 Å². The monoisotopic (exact) mass is 336 g/mol. The third kappa shape index (κ3) is 3.63. The number of phenols is 1. The van der Waals surface area contributed by atoms with Gasteiger partial charge in [-0.05, 0) is 37.0 Å². The molecule has 0 radical (unpaired) electrons. The lowest BCUT2D eigenvalue weighted by molar-refractivity contribution is 0.210. The Morgan fingerprint density at radius 1 is 1.04 bits per heavy atom. The minimum Gasteiger partial charge on any atom is -0.508 e. The van der Waals surface area contributed by atoms with Crippen LogP contribution in [0.1, 0.15) is 43.5 Å². The van der Waals surface area contributed by atoms with E-state index in [4.69, 9.17) is 9.72 Å². The molecule has 2 aromatic carbocycles. The Hall–Kier alpha value is -2.49. The van der Waals surface area contributed by atoms with Crippen molar-refractivity contribution in [1.29, 1.82) is 0 Å². The van der Waals surface area contributed by atoms with Crippen LogP contribution in [-0.2, 0) is 6.42 Å². The number of aromatic hydroxyl groups is 1. The first kappa shape index (κ1) is 16.0. The van der Waals surface area contributed by atoms with Crippen molar-refractivity contribution in [3.63, 3.8) is 0 Å². The molecule has 1 fully saturated rings. The summed E-state index contributed by atoms with van der Waals surface area (Å²) in [6.07, 6.45) is 7.13. The van der Waals surface area contributed by atoms with Crippen LogP contribution in [0.3, 0.4) is 0 Å². The summed E-state index contributed by atoms with van der Waals surface area (Å²) < 4.78 is 6.11. The molecule has 1 heterocycles. The van der Waals surface area contributed by atoms with Crippen molar-refractivity contribution >= 4 is 11.0 Å². The number of para-hydroxylation sites is 2. The quantitative estimate of drug-likeness (QED) is 0.702. The molecule has 130 valence electrons. The molecule has 0 aliphatic heterocycles. The van der Waals surface area contributed by atoms with Crippen LogP contribution in [0, 0.1) is 5.92 Å². The Kier molecular flexibility index (Phi) is 4.59. The lowest BCUT2D eigenvalue weighted by Crippen LogP contribution is -2.15. The first-order chi connectivity index (χ1) is 12.3. The number of hydrogen-bond acceptors (Lipinski definition) is 3. The van der Waals surface area contributed by atoms with E-state index in [0.29, 0.717) is 18.1 Å². The fourth-order valence-electron chi connectivity index (χ4n) is 3.66. The van der Waals surface area contributed by atoms with E-state index in [1.165, 1.54) is 32.1 Å². The number of fused-ring (bicyclic) bond motifs is 1. The predicted octanol–water partition coefficient (Wildman–Crippen LogP) is 4.82. The van der Waals surface area contributed by atoms with E-state index in [1.54, 1.807) is 6.07 Å². The Labute approximate surface area is 147 Å². The number of H-pyrrole nitrogens is 1. The topological polar surface area (TPSA) is 58.1 Å². The number of ether oxygens (including phenoxy) is 1. The van der Waals surface area contributed by atoms with E-state index in [-0.39, 0.29) is 0 Å². The maximum Gasteiger partial charge on any atom is 0.147 e. The van der Waals surface area contributed by atoms with Gasteiger partial charge in [0.1, 0.15) is 22.8 Å². The lowest BCUT2D eigenvalue weighted by Gasteiger charge is -2.21. The van der Waals surface area contributed by atoms with Gasteiger partial charge in [-0.2, -0.15) is 0 Å². The van der Waals surface area contributed by atoms with Crippen LogP contribution in [0.25, 0.3) is 11.0 Å². The molecule has 1 aromatic heterocycles. The van der Waals surface area contributed by atoms with Crippen molar-refractivity contribution in [3.8, 4) is 11.5 Å². The number of rotatable bonds is 5. The fraction of sp³-hybridized carbons (Fsp3) is 0.381. The molecule has 0 unspecified atom stereocenters. The van der Waals surface area contributed by atoms with Crippen LogP contribution in [0.4, 0.5) is 0 Å². The summed E-state index contributed by atoms with van der Waals surface area (Å²) in [5.41, 5.74) is 2.72. The normalized spacial score (nSPS) is 15.5. The molecule has 0 spiro atoms. The Morgan fingerprint density at radius 2 is 1.88 bits per heavy atom. The zero-order valence-electron chi connectivity index (χ0n) is 14.4. The number of nitrogens with zero attached hydrogens (tertiary/aromatic N) is 1. The third-order valence-electron chi connectivity index (χ3n) is 5.07. The highest BCUT2D eigenvalue weighted by molar-refractivity contribution is 5.81. The summed E-state index contributed by atoms with van der Waals surface area (Å²) >= 11 is 0. The van der Waals surface area contributed by atoms with Crippen LogP contribution in [0.5, 0.6) is 11.5 Å². The molecule has 4 heteroatoms. The molecule has 0 bridgehead atoms. The Morgan fingerprint density at radius 3 is 2.72 bits per heavy atom. The lowest BCUT2D eigenvalue weighted by atomic mass is 9.90. The summed E-state index contributed by atoms with van der Waals surface area (Å²) in [5.74, 6) is 2.66. The first-order valence-corrected chi connectivity index (χ1v) is 9.17. The van der Waals surface area contributed by atoms with E-state index < -0.39 is 0 Å². The van der Waals surface area contributed by atoms with Gasteiger partial charge in [0, 0.05) is 12.0 Å². The molecule has 1 aliphatic carbocycles. The minimum absolute atomic E-state index is 0.303. The van der Waals surface area contributed by atoms with Gasteiger partial charge in [0.15, 0.2) is 0 Å². The van der Waals surface area contributed by atoms with Gasteiger partial charge in [0.25, 0.3) is 0 Å². The number of benzene rings is 2. The average molecular weight is 336 g/mol. The average Bonchev–Trinajstić information content (AvgIpc) is 3.06. The summed E-state index contributed by atoms with van der Waals surface area (Å²) in [4.78, 5) is 8.07. The van der Waals surface area contributed by atoms with Gasteiger partial charge in [-0.1, -0.05) is 43.5 Å². The Balaban J connectivity index is 1.53. The van der Waals surface area contributed by atoms with E-state index in [2.05, 4.69) is 4.98 Å². The molecule has 0 saturated heterocycles. The number of hydrogen-bond donors (Lipinski definition) is 2. The van der Waals surface area contributed by atoms with Crippen molar-refractivity contribution in [2.45, 2.75) is 38.5 Å². The van der Waals surface area contributed by atoms with Crippen LogP contribution in [-0.4, -0.2) is 21.7 Å². The summed E-state index contributed by atoms with van der Waals surface area (Å²) in [5, 5.41) is 9.96. The second-order valence-corrected chi connectivity index (χ2v) is 6.96. The molecule has 0 amide bonds. The minimum atomic E-state index is 0.303. The van der Waals surface area contributed by atoms with Gasteiger partial charge >= 0.3 is 0 Å². The van der Waals surface area contributed by atoms with Crippen LogP contribution >= 0.6 is 0 Å². The molecular formula is C21H24N2O2. The number of phenolic OH excluding ortho intramolecular Hbond substituents is 1. The van der Waals surface area contributed by atoms with E-state index in [1.807, 2.05) is 36.4 Å². The molecule has 3 aromatic rings. The van der Waals surface area contributed by atoms with Crippen LogP contribution in [0.15, 0.2) is 42.5 Å². The molecule has 0 atom stereocenters. The molecular weight excluding hydrogens is 312 g/mol. The number of nitrogens with one attached hydrogen (secondary N) is 1. The maximum atomic E-state index is 9.96. The highest BCUT2D eigenvalue weighted by atomic mass is 16.5. The molecule has 1 saturated carbocycles. The summed E-state index contributed by atoms with van der Waals surface area (Å²) in [6, 6.07) is 13.4. The van der Waals surface area contributed by atoms with E-state index >= 15 is 0 Å². The third-order valence-corrected chi connectivity index (χ3v) is 5.07. The number of aromatic amines is 1. The van der Waals surface area contributed by atoms with Crippen molar-refractivity contribution in [2.75, 3.05) is 6.61 Å². The zero-order valence-corrected chi connectivity index (χ0v) is 14.4. The summed E-state index contributed by atoms with van der Waals surface area (Å²) in [6.45, 7) is 0.779. The maximum absolute atomic E-state index is 9.96. The standard InChI is InChI=1S/C21H24N2O2/c24-18-11-5-4-9-16(18)13-20-22-17-10-6-12-19(21(17)23-20)25-14-15-7-2-1-3-8-15/h4-6,9-12,15,24H,1-3,7-8,13-14H2,(H,22,23). The fourth-order valence-corrected chi connectivity index (χ4v) is 3.66. The van der Waals surface area contributed by atoms with Gasteiger partial charge in [-0.25, -0.2) is 4.98 Å². The van der Waals surface area contributed by atoms with Gasteiger partial charge in [0.2, 0.25) is 0 Å².